The highest BCUT2D eigenvalue weighted by Gasteiger charge is 2.38. The van der Waals surface area contributed by atoms with Crippen molar-refractivity contribution in [3.8, 4) is 0 Å². The SMILES string of the molecule is CC(C)(C)[N+]1=C2CCNCC2C=N1. The van der Waals surface area contributed by atoms with Crippen molar-refractivity contribution in [3.63, 3.8) is 0 Å². The largest absolute Gasteiger partial charge is 0.315 e. The summed E-state index contributed by atoms with van der Waals surface area (Å²) in [5, 5.41) is 7.87. The molecule has 2 heterocycles. The first-order chi connectivity index (χ1) is 6.09. The van der Waals surface area contributed by atoms with Gasteiger partial charge >= 0.3 is 0 Å². The first kappa shape index (κ1) is 8.88. The smallest absolute Gasteiger partial charge is 0.196 e. The minimum Gasteiger partial charge on any atom is -0.315 e. The van der Waals surface area contributed by atoms with E-state index >= 15 is 0 Å². The molecule has 0 aromatic heterocycles. The van der Waals surface area contributed by atoms with Crippen LogP contribution in [0.2, 0.25) is 0 Å². The van der Waals surface area contributed by atoms with Crippen LogP contribution >= 0.6 is 0 Å². The zero-order valence-electron chi connectivity index (χ0n) is 8.67. The molecular weight excluding hydrogens is 162 g/mol. The van der Waals surface area contributed by atoms with Crippen molar-refractivity contribution >= 4 is 11.9 Å². The van der Waals surface area contributed by atoms with E-state index in [0.29, 0.717) is 5.92 Å². The molecule has 0 radical (unpaired) electrons. The second-order valence-corrected chi connectivity index (χ2v) is 4.80. The number of hydrogen-bond acceptors (Lipinski definition) is 2. The van der Waals surface area contributed by atoms with Crippen LogP contribution in [-0.4, -0.2) is 35.2 Å². The number of piperidine rings is 1. The van der Waals surface area contributed by atoms with E-state index in [1.165, 1.54) is 5.71 Å². The minimum absolute atomic E-state index is 0.137. The molecule has 0 bridgehead atoms. The molecule has 2 aliphatic rings. The van der Waals surface area contributed by atoms with E-state index in [9.17, 15) is 0 Å². The van der Waals surface area contributed by atoms with Gasteiger partial charge in [-0.3, -0.25) is 0 Å². The van der Waals surface area contributed by atoms with Gasteiger partial charge in [0.15, 0.2) is 11.3 Å². The van der Waals surface area contributed by atoms with Crippen LogP contribution in [0.5, 0.6) is 0 Å². The molecule has 3 nitrogen and oxygen atoms in total. The third-order valence-electron chi connectivity index (χ3n) is 2.62. The predicted molar refractivity (Wildman–Crippen MR) is 54.5 cm³/mol. The maximum absolute atomic E-state index is 4.48. The highest BCUT2D eigenvalue weighted by molar-refractivity contribution is 5.98. The fourth-order valence-corrected chi connectivity index (χ4v) is 2.00. The Morgan fingerprint density at radius 2 is 2.31 bits per heavy atom. The number of hydrogen-bond donors (Lipinski definition) is 1. The Morgan fingerprint density at radius 1 is 1.54 bits per heavy atom. The van der Waals surface area contributed by atoms with Crippen LogP contribution in [0.25, 0.3) is 0 Å². The van der Waals surface area contributed by atoms with Gasteiger partial charge in [-0.2, -0.15) is 0 Å². The van der Waals surface area contributed by atoms with Gasteiger partial charge in [-0.15, -0.1) is 0 Å². The minimum atomic E-state index is 0.137. The van der Waals surface area contributed by atoms with Gasteiger partial charge in [-0.05, 0) is 5.10 Å². The molecule has 1 unspecified atom stereocenters. The van der Waals surface area contributed by atoms with Crippen molar-refractivity contribution in [1.82, 2.24) is 5.32 Å². The fourth-order valence-electron chi connectivity index (χ4n) is 2.00. The number of nitrogens with zero attached hydrogens (tertiary/aromatic N) is 2. The summed E-state index contributed by atoms with van der Waals surface area (Å²) >= 11 is 0. The van der Waals surface area contributed by atoms with E-state index in [-0.39, 0.29) is 5.54 Å². The molecule has 0 saturated carbocycles. The molecule has 2 rings (SSSR count). The second kappa shape index (κ2) is 2.91. The topological polar surface area (TPSA) is 27.4 Å². The first-order valence-corrected chi connectivity index (χ1v) is 5.00. The van der Waals surface area contributed by atoms with Gasteiger partial charge in [0.2, 0.25) is 0 Å². The van der Waals surface area contributed by atoms with E-state index < -0.39 is 0 Å². The van der Waals surface area contributed by atoms with Gasteiger partial charge < -0.3 is 5.32 Å². The summed E-state index contributed by atoms with van der Waals surface area (Å²) in [6.45, 7) is 8.79. The van der Waals surface area contributed by atoms with Crippen molar-refractivity contribution in [2.45, 2.75) is 32.7 Å². The van der Waals surface area contributed by atoms with E-state index in [0.717, 1.165) is 19.5 Å². The molecule has 2 aliphatic heterocycles. The molecule has 0 aromatic carbocycles. The summed E-state index contributed by atoms with van der Waals surface area (Å²) in [6, 6.07) is 0. The maximum atomic E-state index is 4.48. The fraction of sp³-hybridized carbons (Fsp3) is 0.800. The van der Waals surface area contributed by atoms with Crippen molar-refractivity contribution < 1.29 is 4.68 Å². The van der Waals surface area contributed by atoms with Crippen LogP contribution in [0.1, 0.15) is 27.2 Å². The average Bonchev–Trinajstić information content (AvgIpc) is 2.45. The third kappa shape index (κ3) is 1.53. The van der Waals surface area contributed by atoms with Crippen molar-refractivity contribution in [3.05, 3.63) is 0 Å². The van der Waals surface area contributed by atoms with E-state index in [2.05, 4.69) is 42.1 Å². The Hall–Kier alpha value is -0.700. The zero-order valence-corrected chi connectivity index (χ0v) is 8.67. The number of hydrazone groups is 1. The van der Waals surface area contributed by atoms with Crippen LogP contribution in [0, 0.1) is 5.92 Å². The predicted octanol–water partition coefficient (Wildman–Crippen LogP) is 0.847. The lowest BCUT2D eigenvalue weighted by atomic mass is 9.97. The molecule has 1 N–H and O–H groups in total. The Labute approximate surface area is 79.5 Å². The van der Waals surface area contributed by atoms with Crippen LogP contribution < -0.4 is 5.32 Å². The van der Waals surface area contributed by atoms with Crippen LogP contribution in [0.3, 0.4) is 0 Å². The Kier molecular flexibility index (Phi) is 1.99. The molecule has 1 atom stereocenters. The van der Waals surface area contributed by atoms with Crippen LogP contribution in [0.4, 0.5) is 0 Å². The molecule has 0 spiro atoms. The summed E-state index contributed by atoms with van der Waals surface area (Å²) in [5.41, 5.74) is 1.63. The lowest BCUT2D eigenvalue weighted by molar-refractivity contribution is -0.601. The summed E-state index contributed by atoms with van der Waals surface area (Å²) in [4.78, 5) is 0. The highest BCUT2D eigenvalue weighted by atomic mass is 15.4. The normalized spacial score (nSPS) is 28.1. The summed E-state index contributed by atoms with van der Waals surface area (Å²) in [7, 11) is 0. The van der Waals surface area contributed by atoms with Crippen LogP contribution in [-0.2, 0) is 0 Å². The van der Waals surface area contributed by atoms with E-state index in [1.54, 1.807) is 0 Å². The van der Waals surface area contributed by atoms with Gasteiger partial charge in [-0.1, -0.05) is 4.68 Å². The summed E-state index contributed by atoms with van der Waals surface area (Å²) in [6.07, 6.45) is 3.22. The molecule has 13 heavy (non-hydrogen) atoms. The quantitative estimate of drug-likeness (QED) is 0.550. The van der Waals surface area contributed by atoms with E-state index in [1.807, 2.05) is 0 Å². The van der Waals surface area contributed by atoms with Gasteiger partial charge in [0, 0.05) is 40.3 Å². The van der Waals surface area contributed by atoms with Crippen molar-refractivity contribution in [1.29, 1.82) is 0 Å². The molecule has 0 amide bonds. The molecule has 0 aliphatic carbocycles. The van der Waals surface area contributed by atoms with Crippen molar-refractivity contribution in [2.75, 3.05) is 13.1 Å². The second-order valence-electron chi connectivity index (χ2n) is 4.80. The number of fused-ring (bicyclic) bond motifs is 1. The molecule has 72 valence electrons. The summed E-state index contributed by atoms with van der Waals surface area (Å²) in [5.74, 6) is 0.549. The van der Waals surface area contributed by atoms with Gasteiger partial charge in [0.1, 0.15) is 0 Å². The van der Waals surface area contributed by atoms with Gasteiger partial charge in [0.25, 0.3) is 0 Å². The summed E-state index contributed by atoms with van der Waals surface area (Å²) < 4.78 is 2.19. The third-order valence-corrected chi connectivity index (χ3v) is 2.62. The monoisotopic (exact) mass is 180 g/mol. The standard InChI is InChI=1S/C10H18N3/c1-10(2,3)13-9-4-5-11-6-8(9)7-12-13/h7-8,11H,4-6H2,1-3H3/q+1. The van der Waals surface area contributed by atoms with E-state index in [4.69, 9.17) is 0 Å². The molecule has 3 heteroatoms. The Bertz CT molecular complexity index is 270. The van der Waals surface area contributed by atoms with Gasteiger partial charge in [0.05, 0.1) is 12.1 Å². The Balaban J connectivity index is 2.31. The molecule has 0 aromatic rings. The molecule has 1 saturated heterocycles. The average molecular weight is 180 g/mol. The molecular formula is C10H18N3+. The van der Waals surface area contributed by atoms with Crippen LogP contribution in [0.15, 0.2) is 5.10 Å². The first-order valence-electron chi connectivity index (χ1n) is 5.00. The van der Waals surface area contributed by atoms with Gasteiger partial charge in [-0.25, -0.2) is 0 Å². The lowest BCUT2D eigenvalue weighted by Gasteiger charge is -2.18. The lowest BCUT2D eigenvalue weighted by Crippen LogP contribution is -2.41. The zero-order chi connectivity index (χ0) is 9.47. The molecule has 1 fully saturated rings. The maximum Gasteiger partial charge on any atom is 0.196 e. The Morgan fingerprint density at radius 3 is 3.00 bits per heavy atom. The highest BCUT2D eigenvalue weighted by Crippen LogP contribution is 2.18. The number of rotatable bonds is 0. The number of nitrogens with one attached hydrogen (secondary N) is 1. The van der Waals surface area contributed by atoms with Crippen molar-refractivity contribution in [2.24, 2.45) is 11.0 Å².